The second-order valence-electron chi connectivity index (χ2n) is 6.44. The number of imide groups is 1. The smallest absolute Gasteiger partial charge is 0.294 e. The number of halogens is 2. The molecule has 0 saturated carbocycles. The van der Waals surface area contributed by atoms with Crippen molar-refractivity contribution in [1.29, 1.82) is 0 Å². The molecule has 1 N–H and O–H groups in total. The molecule has 0 radical (unpaired) electrons. The summed E-state index contributed by atoms with van der Waals surface area (Å²) in [6.45, 7) is 0. The van der Waals surface area contributed by atoms with Crippen molar-refractivity contribution in [3.8, 4) is 0 Å². The van der Waals surface area contributed by atoms with Gasteiger partial charge in [-0.15, -0.1) is 15.7 Å². The first-order chi connectivity index (χ1) is 15.2. The SMILES string of the molecule is CSC(=NS(=O)(=O)c1ccc(Cl)s1)Nc1ccc(N2C(=O)c3ccc(Cl)cc3C2=O)cc1. The lowest BCUT2D eigenvalue weighted by Crippen LogP contribution is -2.29. The number of benzene rings is 2. The molecule has 1 aliphatic heterocycles. The third-order valence-corrected chi connectivity index (χ3v) is 8.33. The molecule has 1 aliphatic rings. The Balaban J connectivity index is 1.55. The average Bonchev–Trinajstić information content (AvgIpc) is 3.30. The van der Waals surface area contributed by atoms with Crippen molar-refractivity contribution in [2.24, 2.45) is 4.40 Å². The van der Waals surface area contributed by atoms with Gasteiger partial charge in [0.1, 0.15) is 4.21 Å². The Bertz CT molecular complexity index is 1370. The Kier molecular flexibility index (Phi) is 6.33. The van der Waals surface area contributed by atoms with E-state index in [1.165, 1.54) is 24.3 Å². The summed E-state index contributed by atoms with van der Waals surface area (Å²) in [5.74, 6) is -0.894. The van der Waals surface area contributed by atoms with Crippen molar-refractivity contribution < 1.29 is 18.0 Å². The summed E-state index contributed by atoms with van der Waals surface area (Å²) in [5.41, 5.74) is 1.44. The molecule has 12 heteroatoms. The molecule has 3 aromatic rings. The van der Waals surface area contributed by atoms with E-state index in [-0.39, 0.29) is 20.5 Å². The molecule has 0 bridgehead atoms. The number of thioether (sulfide) groups is 1. The van der Waals surface area contributed by atoms with Crippen LogP contribution in [0.5, 0.6) is 0 Å². The molecular weight excluding hydrogens is 513 g/mol. The fraction of sp³-hybridized carbons (Fsp3) is 0.0500. The second-order valence-corrected chi connectivity index (χ2v) is 11.2. The number of fused-ring (bicyclic) bond motifs is 1. The van der Waals surface area contributed by atoms with E-state index in [0.29, 0.717) is 20.7 Å². The molecule has 2 heterocycles. The summed E-state index contributed by atoms with van der Waals surface area (Å²) in [6, 6.07) is 13.8. The summed E-state index contributed by atoms with van der Waals surface area (Å²) in [6.07, 6.45) is 1.68. The van der Waals surface area contributed by atoms with E-state index in [1.807, 2.05) is 0 Å². The van der Waals surface area contributed by atoms with Crippen LogP contribution in [0.4, 0.5) is 11.4 Å². The number of anilines is 2. The highest BCUT2D eigenvalue weighted by Crippen LogP contribution is 2.31. The molecule has 2 amide bonds. The lowest BCUT2D eigenvalue weighted by atomic mass is 10.1. The maximum Gasteiger partial charge on any atom is 0.294 e. The number of carbonyl (C=O) groups excluding carboxylic acids is 2. The zero-order valence-corrected chi connectivity index (χ0v) is 20.2. The topological polar surface area (TPSA) is 95.9 Å². The van der Waals surface area contributed by atoms with Crippen molar-refractivity contribution in [2.45, 2.75) is 4.21 Å². The van der Waals surface area contributed by atoms with Gasteiger partial charge in [0.15, 0.2) is 5.17 Å². The van der Waals surface area contributed by atoms with Gasteiger partial charge in [-0.05, 0) is 60.9 Å². The zero-order valence-electron chi connectivity index (χ0n) is 16.2. The first-order valence-electron chi connectivity index (χ1n) is 8.89. The number of nitrogens with zero attached hydrogens (tertiary/aromatic N) is 2. The van der Waals surface area contributed by atoms with Crippen LogP contribution in [0.2, 0.25) is 9.36 Å². The number of amidine groups is 1. The van der Waals surface area contributed by atoms with Gasteiger partial charge < -0.3 is 5.32 Å². The fourth-order valence-electron chi connectivity index (χ4n) is 2.97. The molecule has 0 unspecified atom stereocenters. The Labute approximate surface area is 202 Å². The number of sulfonamides is 1. The number of amides is 2. The molecule has 32 heavy (non-hydrogen) atoms. The molecule has 0 spiro atoms. The molecule has 164 valence electrons. The van der Waals surface area contributed by atoms with Crippen LogP contribution < -0.4 is 10.2 Å². The van der Waals surface area contributed by atoms with Gasteiger partial charge in [-0.2, -0.15) is 8.42 Å². The first kappa shape index (κ1) is 22.8. The van der Waals surface area contributed by atoms with E-state index in [9.17, 15) is 18.0 Å². The van der Waals surface area contributed by atoms with Crippen LogP contribution in [0.3, 0.4) is 0 Å². The van der Waals surface area contributed by atoms with Crippen LogP contribution in [0.1, 0.15) is 20.7 Å². The van der Waals surface area contributed by atoms with Crippen LogP contribution in [-0.4, -0.2) is 31.7 Å². The predicted molar refractivity (Wildman–Crippen MR) is 130 cm³/mol. The minimum Gasteiger partial charge on any atom is -0.334 e. The van der Waals surface area contributed by atoms with Gasteiger partial charge >= 0.3 is 0 Å². The van der Waals surface area contributed by atoms with E-state index >= 15 is 0 Å². The monoisotopic (exact) mass is 525 g/mol. The Morgan fingerprint density at radius 3 is 2.31 bits per heavy atom. The summed E-state index contributed by atoms with van der Waals surface area (Å²) >= 11 is 13.8. The van der Waals surface area contributed by atoms with E-state index in [4.69, 9.17) is 23.2 Å². The van der Waals surface area contributed by atoms with E-state index in [1.54, 1.807) is 36.6 Å². The summed E-state index contributed by atoms with van der Waals surface area (Å²) < 4.78 is 29.1. The molecule has 2 aromatic carbocycles. The number of hydrogen-bond acceptors (Lipinski definition) is 6. The molecule has 4 rings (SSSR count). The van der Waals surface area contributed by atoms with Gasteiger partial charge in [-0.1, -0.05) is 35.0 Å². The van der Waals surface area contributed by atoms with Crippen LogP contribution in [0.25, 0.3) is 0 Å². The first-order valence-corrected chi connectivity index (χ1v) is 13.1. The van der Waals surface area contributed by atoms with Crippen molar-refractivity contribution in [3.63, 3.8) is 0 Å². The van der Waals surface area contributed by atoms with Crippen LogP contribution >= 0.6 is 46.3 Å². The van der Waals surface area contributed by atoms with E-state index in [2.05, 4.69) is 9.71 Å². The van der Waals surface area contributed by atoms with Crippen LogP contribution in [-0.2, 0) is 10.0 Å². The van der Waals surface area contributed by atoms with Gasteiger partial charge in [0.05, 0.1) is 21.2 Å². The highest BCUT2D eigenvalue weighted by Gasteiger charge is 2.36. The van der Waals surface area contributed by atoms with Gasteiger partial charge in [0.25, 0.3) is 21.8 Å². The lowest BCUT2D eigenvalue weighted by Gasteiger charge is -2.15. The van der Waals surface area contributed by atoms with Crippen molar-refractivity contribution in [1.82, 2.24) is 0 Å². The molecule has 1 aromatic heterocycles. The third-order valence-electron chi connectivity index (χ3n) is 4.42. The summed E-state index contributed by atoms with van der Waals surface area (Å²) in [5, 5.41) is 3.45. The second kappa shape index (κ2) is 8.87. The molecular formula is C20H13Cl2N3O4S3. The number of hydrogen-bond donors (Lipinski definition) is 1. The van der Waals surface area contributed by atoms with E-state index in [0.717, 1.165) is 28.0 Å². The fourth-order valence-corrected chi connectivity index (χ4v) is 6.26. The largest absolute Gasteiger partial charge is 0.334 e. The highest BCUT2D eigenvalue weighted by atomic mass is 35.5. The van der Waals surface area contributed by atoms with Crippen molar-refractivity contribution in [3.05, 3.63) is 75.1 Å². The van der Waals surface area contributed by atoms with Gasteiger partial charge in [-0.3, -0.25) is 9.59 Å². The van der Waals surface area contributed by atoms with Gasteiger partial charge in [-0.25, -0.2) is 4.90 Å². The van der Waals surface area contributed by atoms with E-state index < -0.39 is 21.8 Å². The van der Waals surface area contributed by atoms with Crippen LogP contribution in [0.15, 0.2) is 63.2 Å². The van der Waals surface area contributed by atoms with Crippen LogP contribution in [0, 0.1) is 0 Å². The highest BCUT2D eigenvalue weighted by molar-refractivity contribution is 8.14. The Hall–Kier alpha value is -2.37. The Morgan fingerprint density at radius 1 is 1.00 bits per heavy atom. The van der Waals surface area contributed by atoms with Crippen molar-refractivity contribution in [2.75, 3.05) is 16.5 Å². The maximum atomic E-state index is 12.7. The number of rotatable bonds is 4. The molecule has 0 saturated heterocycles. The van der Waals surface area contributed by atoms with Gasteiger partial charge in [0, 0.05) is 10.7 Å². The molecule has 0 aliphatic carbocycles. The quantitative estimate of drug-likeness (QED) is 0.279. The third kappa shape index (κ3) is 4.41. The molecule has 0 atom stereocenters. The standard InChI is InChI=1S/C20H13Cl2N3O4S3/c1-30-20(24-32(28,29)17-9-8-16(22)31-17)23-12-3-5-13(6-4-12)25-18(26)14-7-2-11(21)10-15(14)19(25)27/h2-10H,1H3,(H,23,24). The number of thiophene rings is 1. The summed E-state index contributed by atoms with van der Waals surface area (Å²) in [4.78, 5) is 26.4. The predicted octanol–water partition coefficient (Wildman–Crippen LogP) is 5.38. The minimum atomic E-state index is -3.91. The molecule has 0 fully saturated rings. The minimum absolute atomic E-state index is 0.0388. The maximum absolute atomic E-state index is 12.7. The van der Waals surface area contributed by atoms with Crippen molar-refractivity contribution >= 4 is 84.7 Å². The zero-order chi connectivity index (χ0) is 23.0. The molecule has 7 nitrogen and oxygen atoms in total. The average molecular weight is 526 g/mol. The number of nitrogens with one attached hydrogen (secondary N) is 1. The number of carbonyl (C=O) groups is 2. The summed E-state index contributed by atoms with van der Waals surface area (Å²) in [7, 11) is -3.91. The lowest BCUT2D eigenvalue weighted by molar-refractivity contribution is 0.0926. The Morgan fingerprint density at radius 2 is 1.69 bits per heavy atom. The van der Waals surface area contributed by atoms with Gasteiger partial charge in [0.2, 0.25) is 0 Å². The normalized spacial score (nSPS) is 14.1.